The van der Waals surface area contributed by atoms with Gasteiger partial charge in [0.25, 0.3) is 0 Å². The quantitative estimate of drug-likeness (QED) is 0.646. The van der Waals surface area contributed by atoms with Crippen molar-refractivity contribution >= 4 is 0 Å². The second-order valence-corrected chi connectivity index (χ2v) is 4.11. The second-order valence-electron chi connectivity index (χ2n) is 4.11. The molecule has 0 spiro atoms. The third-order valence-electron chi connectivity index (χ3n) is 3.15. The third kappa shape index (κ3) is 1.80. The van der Waals surface area contributed by atoms with Gasteiger partial charge in [-0.15, -0.1) is 0 Å². The Morgan fingerprint density at radius 2 is 2.43 bits per heavy atom. The summed E-state index contributed by atoms with van der Waals surface area (Å²) in [6.45, 7) is 4.48. The molecule has 0 radical (unpaired) electrons. The van der Waals surface area contributed by atoms with Crippen LogP contribution in [0.25, 0.3) is 0 Å². The summed E-state index contributed by atoms with van der Waals surface area (Å²) in [5.41, 5.74) is 1.47. The van der Waals surface area contributed by atoms with Crippen LogP contribution < -0.4 is 4.57 Å². The van der Waals surface area contributed by atoms with Crippen LogP contribution in [0.4, 0.5) is 0 Å². The predicted octanol–water partition coefficient (Wildman–Crippen LogP) is 1.76. The van der Waals surface area contributed by atoms with Gasteiger partial charge in [0.05, 0.1) is 0 Å². The minimum absolute atomic E-state index is 0.647. The van der Waals surface area contributed by atoms with Gasteiger partial charge in [0.1, 0.15) is 6.54 Å². The monoisotopic (exact) mass is 191 g/mol. The van der Waals surface area contributed by atoms with E-state index in [4.69, 9.17) is 0 Å². The molecule has 0 aromatic carbocycles. The molecule has 14 heavy (non-hydrogen) atoms. The number of likely N-dealkylation sites (tertiary alicyclic amines) is 1. The Hall–Kier alpha value is -0.890. The Balaban J connectivity index is 2.22. The number of hydrogen-bond donors (Lipinski definition) is 0. The van der Waals surface area contributed by atoms with E-state index in [9.17, 15) is 0 Å². The van der Waals surface area contributed by atoms with E-state index in [1.165, 1.54) is 24.9 Å². The molecule has 2 heterocycles. The van der Waals surface area contributed by atoms with E-state index in [-0.39, 0.29) is 0 Å². The molecule has 0 amide bonds. The van der Waals surface area contributed by atoms with Crippen LogP contribution in [0.2, 0.25) is 0 Å². The first-order chi connectivity index (χ1) is 6.81. The highest BCUT2D eigenvalue weighted by Gasteiger charge is 2.23. The van der Waals surface area contributed by atoms with Gasteiger partial charge in [-0.2, -0.15) is 0 Å². The van der Waals surface area contributed by atoms with Gasteiger partial charge in [0, 0.05) is 17.7 Å². The zero-order valence-corrected chi connectivity index (χ0v) is 9.11. The molecule has 2 heteroatoms. The molecule has 0 aliphatic carbocycles. The number of rotatable bonds is 2. The topological polar surface area (TPSA) is 7.12 Å². The zero-order valence-electron chi connectivity index (χ0n) is 9.11. The molecule has 1 fully saturated rings. The molecule has 1 aromatic heterocycles. The van der Waals surface area contributed by atoms with E-state index in [1.807, 2.05) is 0 Å². The Labute approximate surface area is 86.2 Å². The highest BCUT2D eigenvalue weighted by Crippen LogP contribution is 2.29. The molecule has 1 saturated heterocycles. The Morgan fingerprint density at radius 3 is 3.07 bits per heavy atom. The van der Waals surface area contributed by atoms with Crippen LogP contribution in [0.15, 0.2) is 24.5 Å². The molecule has 0 N–H and O–H groups in total. The fourth-order valence-electron chi connectivity index (χ4n) is 2.27. The number of aryl methyl sites for hydroxylation is 1. The second kappa shape index (κ2) is 4.09. The fourth-order valence-corrected chi connectivity index (χ4v) is 2.27. The smallest absolute Gasteiger partial charge is 0.173 e. The normalized spacial score (nSPS) is 22.9. The van der Waals surface area contributed by atoms with E-state index >= 15 is 0 Å². The van der Waals surface area contributed by atoms with Crippen LogP contribution in [-0.2, 0) is 6.54 Å². The standard InChI is InChI=1S/C12H19N2/c1-3-14-9-4-6-11(10-14)12-7-5-8-13(12)2/h4,6,9-10,12H,3,5,7-8H2,1-2H3/q+1/t12-/m0/s1. The van der Waals surface area contributed by atoms with E-state index < -0.39 is 0 Å². The predicted molar refractivity (Wildman–Crippen MR) is 56.9 cm³/mol. The highest BCUT2D eigenvalue weighted by molar-refractivity contribution is 5.12. The van der Waals surface area contributed by atoms with Crippen molar-refractivity contribution in [2.45, 2.75) is 32.4 Å². The van der Waals surface area contributed by atoms with Crippen LogP contribution >= 0.6 is 0 Å². The van der Waals surface area contributed by atoms with E-state index in [1.54, 1.807) is 0 Å². The number of aromatic nitrogens is 1. The summed E-state index contributed by atoms with van der Waals surface area (Å²) in [6.07, 6.45) is 7.07. The summed E-state index contributed by atoms with van der Waals surface area (Å²) < 4.78 is 2.25. The number of nitrogens with zero attached hydrogens (tertiary/aromatic N) is 2. The van der Waals surface area contributed by atoms with Gasteiger partial charge in [-0.3, -0.25) is 4.90 Å². The summed E-state index contributed by atoms with van der Waals surface area (Å²) in [6, 6.07) is 5.05. The van der Waals surface area contributed by atoms with Crippen molar-refractivity contribution in [3.63, 3.8) is 0 Å². The largest absolute Gasteiger partial charge is 0.299 e. The molecular weight excluding hydrogens is 172 g/mol. The van der Waals surface area contributed by atoms with Crippen molar-refractivity contribution in [1.82, 2.24) is 4.90 Å². The summed E-state index contributed by atoms with van der Waals surface area (Å²) >= 11 is 0. The summed E-state index contributed by atoms with van der Waals surface area (Å²) in [5, 5.41) is 0. The lowest BCUT2D eigenvalue weighted by molar-refractivity contribution is -0.694. The molecule has 0 bridgehead atoms. The van der Waals surface area contributed by atoms with Crippen LogP contribution in [0, 0.1) is 0 Å². The first-order valence-corrected chi connectivity index (χ1v) is 5.50. The van der Waals surface area contributed by atoms with Crippen molar-refractivity contribution in [3.05, 3.63) is 30.1 Å². The van der Waals surface area contributed by atoms with E-state index in [0.717, 1.165) is 6.54 Å². The minimum Gasteiger partial charge on any atom is -0.299 e. The fraction of sp³-hybridized carbons (Fsp3) is 0.583. The van der Waals surface area contributed by atoms with Crippen molar-refractivity contribution in [2.75, 3.05) is 13.6 Å². The first kappa shape index (κ1) is 9.66. The molecule has 76 valence electrons. The first-order valence-electron chi connectivity index (χ1n) is 5.50. The maximum atomic E-state index is 2.45. The molecule has 1 aromatic rings. The number of hydrogen-bond acceptors (Lipinski definition) is 1. The van der Waals surface area contributed by atoms with Crippen molar-refractivity contribution < 1.29 is 4.57 Å². The summed E-state index contributed by atoms with van der Waals surface area (Å²) in [4.78, 5) is 2.45. The molecule has 1 atom stereocenters. The highest BCUT2D eigenvalue weighted by atomic mass is 15.1. The molecule has 1 aliphatic heterocycles. The van der Waals surface area contributed by atoms with Crippen molar-refractivity contribution in [2.24, 2.45) is 0 Å². The van der Waals surface area contributed by atoms with Crippen LogP contribution in [0.1, 0.15) is 31.4 Å². The average molecular weight is 191 g/mol. The van der Waals surface area contributed by atoms with Crippen molar-refractivity contribution in [1.29, 1.82) is 0 Å². The Morgan fingerprint density at radius 1 is 1.57 bits per heavy atom. The van der Waals surface area contributed by atoms with Gasteiger partial charge in [-0.1, -0.05) is 0 Å². The van der Waals surface area contributed by atoms with Gasteiger partial charge < -0.3 is 0 Å². The van der Waals surface area contributed by atoms with Gasteiger partial charge >= 0.3 is 0 Å². The molecular formula is C12H19N2+. The third-order valence-corrected chi connectivity index (χ3v) is 3.15. The molecule has 0 unspecified atom stereocenters. The van der Waals surface area contributed by atoms with Crippen LogP contribution in [-0.4, -0.2) is 18.5 Å². The molecule has 2 nitrogen and oxygen atoms in total. The lowest BCUT2D eigenvalue weighted by Crippen LogP contribution is -2.32. The molecule has 1 aliphatic rings. The Bertz CT molecular complexity index is 309. The van der Waals surface area contributed by atoms with Crippen LogP contribution in [0.3, 0.4) is 0 Å². The van der Waals surface area contributed by atoms with Crippen LogP contribution in [0.5, 0.6) is 0 Å². The SMILES string of the molecule is CC[n+]1cccc([C@@H]2CCCN2C)c1. The van der Waals surface area contributed by atoms with Gasteiger partial charge in [0.2, 0.25) is 0 Å². The maximum Gasteiger partial charge on any atom is 0.173 e. The lowest BCUT2D eigenvalue weighted by atomic mass is 10.1. The van der Waals surface area contributed by atoms with Gasteiger partial charge in [-0.25, -0.2) is 4.57 Å². The maximum absolute atomic E-state index is 2.45. The van der Waals surface area contributed by atoms with Gasteiger partial charge in [-0.05, 0) is 39.4 Å². The van der Waals surface area contributed by atoms with Crippen molar-refractivity contribution in [3.8, 4) is 0 Å². The number of pyridine rings is 1. The van der Waals surface area contributed by atoms with Gasteiger partial charge in [0.15, 0.2) is 12.4 Å². The minimum atomic E-state index is 0.647. The van der Waals surface area contributed by atoms with E-state index in [0.29, 0.717) is 6.04 Å². The zero-order chi connectivity index (χ0) is 9.97. The molecule has 2 rings (SSSR count). The lowest BCUT2D eigenvalue weighted by Gasteiger charge is -2.18. The molecule has 0 saturated carbocycles. The Kier molecular flexibility index (Phi) is 2.82. The van der Waals surface area contributed by atoms with E-state index in [2.05, 4.69) is 48.0 Å². The summed E-state index contributed by atoms with van der Waals surface area (Å²) in [5.74, 6) is 0. The average Bonchev–Trinajstić information content (AvgIpc) is 2.65. The summed E-state index contributed by atoms with van der Waals surface area (Å²) in [7, 11) is 2.22.